The summed E-state index contributed by atoms with van der Waals surface area (Å²) in [6.45, 7) is 0.998. The predicted octanol–water partition coefficient (Wildman–Crippen LogP) is 2.34. The number of aromatic amines is 1. The van der Waals surface area contributed by atoms with Gasteiger partial charge in [0.05, 0.1) is 5.52 Å². The second kappa shape index (κ2) is 4.11. The Labute approximate surface area is 99.6 Å². The van der Waals surface area contributed by atoms with E-state index in [1.54, 1.807) is 12.1 Å². The maximum absolute atomic E-state index is 13.2. The number of rotatable bonds is 4. The van der Waals surface area contributed by atoms with E-state index in [2.05, 4.69) is 22.1 Å². The van der Waals surface area contributed by atoms with Gasteiger partial charge in [-0.05, 0) is 38.1 Å². The van der Waals surface area contributed by atoms with E-state index in [-0.39, 0.29) is 5.82 Å². The molecule has 0 spiro atoms. The van der Waals surface area contributed by atoms with E-state index in [4.69, 9.17) is 0 Å². The Morgan fingerprint density at radius 3 is 3.06 bits per heavy atom. The Morgan fingerprint density at radius 1 is 1.47 bits per heavy atom. The van der Waals surface area contributed by atoms with Crippen LogP contribution in [0.4, 0.5) is 4.39 Å². The third kappa shape index (κ3) is 2.17. The standard InChI is InChI=1S/C13H16FN3/c1-17(10-3-4-10)7-6-13-11-8-9(14)2-5-12(11)15-16-13/h2,5,8,10H,3-4,6-7H2,1H3,(H,15,16). The van der Waals surface area contributed by atoms with Crippen LogP contribution in [0.2, 0.25) is 0 Å². The summed E-state index contributed by atoms with van der Waals surface area (Å²) < 4.78 is 13.2. The minimum Gasteiger partial charge on any atom is -0.303 e. The molecule has 0 unspecified atom stereocenters. The average molecular weight is 233 g/mol. The molecule has 1 aliphatic carbocycles. The highest BCUT2D eigenvalue weighted by Crippen LogP contribution is 2.25. The minimum atomic E-state index is -0.198. The van der Waals surface area contributed by atoms with Crippen molar-refractivity contribution in [3.05, 3.63) is 29.7 Å². The fraction of sp³-hybridized carbons (Fsp3) is 0.462. The van der Waals surface area contributed by atoms with Gasteiger partial charge in [0.2, 0.25) is 0 Å². The van der Waals surface area contributed by atoms with Gasteiger partial charge in [-0.3, -0.25) is 5.10 Å². The lowest BCUT2D eigenvalue weighted by molar-refractivity contribution is 0.327. The molecule has 3 nitrogen and oxygen atoms in total. The van der Waals surface area contributed by atoms with Crippen LogP contribution < -0.4 is 0 Å². The zero-order valence-electron chi connectivity index (χ0n) is 9.91. The molecule has 1 aromatic heterocycles. The summed E-state index contributed by atoms with van der Waals surface area (Å²) >= 11 is 0. The fourth-order valence-electron chi connectivity index (χ4n) is 2.21. The summed E-state index contributed by atoms with van der Waals surface area (Å²) in [7, 11) is 2.15. The monoisotopic (exact) mass is 233 g/mol. The molecule has 0 amide bonds. The zero-order chi connectivity index (χ0) is 11.8. The molecule has 1 N–H and O–H groups in total. The number of H-pyrrole nitrogens is 1. The Bertz CT molecular complexity index is 530. The molecule has 2 aromatic rings. The van der Waals surface area contributed by atoms with E-state index in [1.807, 2.05) is 0 Å². The maximum atomic E-state index is 13.2. The molecular formula is C13H16FN3. The van der Waals surface area contributed by atoms with Gasteiger partial charge in [-0.25, -0.2) is 4.39 Å². The first-order valence-electron chi connectivity index (χ1n) is 6.07. The Kier molecular flexibility index (Phi) is 2.59. The predicted molar refractivity (Wildman–Crippen MR) is 65.4 cm³/mol. The van der Waals surface area contributed by atoms with Crippen LogP contribution in [0.25, 0.3) is 10.9 Å². The molecule has 0 atom stereocenters. The molecule has 1 aliphatic rings. The summed E-state index contributed by atoms with van der Waals surface area (Å²) in [4.78, 5) is 2.37. The number of hydrogen-bond donors (Lipinski definition) is 1. The summed E-state index contributed by atoms with van der Waals surface area (Å²) in [6.07, 6.45) is 3.52. The Hall–Kier alpha value is -1.42. The molecule has 17 heavy (non-hydrogen) atoms. The highest BCUT2D eigenvalue weighted by atomic mass is 19.1. The van der Waals surface area contributed by atoms with Gasteiger partial charge in [-0.2, -0.15) is 5.10 Å². The van der Waals surface area contributed by atoms with E-state index in [0.29, 0.717) is 0 Å². The number of likely N-dealkylation sites (N-methyl/N-ethyl adjacent to an activating group) is 1. The van der Waals surface area contributed by atoms with Crippen molar-refractivity contribution in [3.8, 4) is 0 Å². The van der Waals surface area contributed by atoms with E-state index >= 15 is 0 Å². The fourth-order valence-corrected chi connectivity index (χ4v) is 2.21. The molecule has 0 aliphatic heterocycles. The van der Waals surface area contributed by atoms with Gasteiger partial charge in [-0.1, -0.05) is 0 Å². The van der Waals surface area contributed by atoms with Crippen LogP contribution in [-0.2, 0) is 6.42 Å². The summed E-state index contributed by atoms with van der Waals surface area (Å²) in [6, 6.07) is 5.49. The first-order valence-corrected chi connectivity index (χ1v) is 6.07. The van der Waals surface area contributed by atoms with Gasteiger partial charge in [0.15, 0.2) is 0 Å². The molecule has 1 heterocycles. The second-order valence-corrected chi connectivity index (χ2v) is 4.83. The van der Waals surface area contributed by atoms with Crippen molar-refractivity contribution >= 4 is 10.9 Å². The largest absolute Gasteiger partial charge is 0.303 e. The van der Waals surface area contributed by atoms with Gasteiger partial charge in [-0.15, -0.1) is 0 Å². The van der Waals surface area contributed by atoms with Crippen LogP contribution >= 0.6 is 0 Å². The SMILES string of the molecule is CN(CCc1[nH]nc2ccc(F)cc12)C1CC1. The lowest BCUT2D eigenvalue weighted by Gasteiger charge is -2.14. The molecular weight excluding hydrogens is 217 g/mol. The van der Waals surface area contributed by atoms with Crippen molar-refractivity contribution in [1.82, 2.24) is 15.1 Å². The number of fused-ring (bicyclic) bond motifs is 1. The lowest BCUT2D eigenvalue weighted by atomic mass is 10.1. The summed E-state index contributed by atoms with van der Waals surface area (Å²) in [5, 5.41) is 8.11. The van der Waals surface area contributed by atoms with Gasteiger partial charge in [0.25, 0.3) is 0 Å². The van der Waals surface area contributed by atoms with Gasteiger partial charge >= 0.3 is 0 Å². The Balaban J connectivity index is 1.77. The third-order valence-corrected chi connectivity index (χ3v) is 3.48. The molecule has 3 rings (SSSR count). The van der Waals surface area contributed by atoms with Crippen LogP contribution in [0.15, 0.2) is 18.2 Å². The van der Waals surface area contributed by atoms with Crippen LogP contribution in [0.5, 0.6) is 0 Å². The Morgan fingerprint density at radius 2 is 2.29 bits per heavy atom. The molecule has 4 heteroatoms. The minimum absolute atomic E-state index is 0.198. The number of aromatic nitrogens is 2. The van der Waals surface area contributed by atoms with Crippen LogP contribution in [0, 0.1) is 5.82 Å². The van der Waals surface area contributed by atoms with Crippen molar-refractivity contribution < 1.29 is 4.39 Å². The molecule has 1 saturated carbocycles. The number of nitrogens with zero attached hydrogens (tertiary/aromatic N) is 2. The number of benzene rings is 1. The van der Waals surface area contributed by atoms with E-state index in [0.717, 1.165) is 35.6 Å². The van der Waals surface area contributed by atoms with Crippen molar-refractivity contribution in [3.63, 3.8) is 0 Å². The van der Waals surface area contributed by atoms with Crippen LogP contribution in [0.1, 0.15) is 18.5 Å². The average Bonchev–Trinajstić information content (AvgIpc) is 3.09. The highest BCUT2D eigenvalue weighted by Gasteiger charge is 2.25. The van der Waals surface area contributed by atoms with Gasteiger partial charge in [0, 0.05) is 30.1 Å². The maximum Gasteiger partial charge on any atom is 0.124 e. The van der Waals surface area contributed by atoms with Gasteiger partial charge < -0.3 is 4.90 Å². The quantitative estimate of drug-likeness (QED) is 0.879. The van der Waals surface area contributed by atoms with E-state index < -0.39 is 0 Å². The normalized spacial score (nSPS) is 15.9. The highest BCUT2D eigenvalue weighted by molar-refractivity contribution is 5.81. The lowest BCUT2D eigenvalue weighted by Crippen LogP contribution is -2.23. The third-order valence-electron chi connectivity index (χ3n) is 3.48. The molecule has 0 bridgehead atoms. The van der Waals surface area contributed by atoms with Crippen LogP contribution in [0.3, 0.4) is 0 Å². The van der Waals surface area contributed by atoms with Crippen molar-refractivity contribution in [2.24, 2.45) is 0 Å². The molecule has 0 radical (unpaired) electrons. The summed E-state index contributed by atoms with van der Waals surface area (Å²) in [5.74, 6) is -0.198. The summed E-state index contributed by atoms with van der Waals surface area (Å²) in [5.41, 5.74) is 1.88. The number of nitrogens with one attached hydrogen (secondary N) is 1. The second-order valence-electron chi connectivity index (χ2n) is 4.83. The first-order chi connectivity index (χ1) is 8.24. The number of hydrogen-bond acceptors (Lipinski definition) is 2. The number of halogens is 1. The van der Waals surface area contributed by atoms with Crippen LogP contribution in [-0.4, -0.2) is 34.7 Å². The van der Waals surface area contributed by atoms with E-state index in [1.165, 1.54) is 18.9 Å². The van der Waals surface area contributed by atoms with E-state index in [9.17, 15) is 4.39 Å². The van der Waals surface area contributed by atoms with Crippen molar-refractivity contribution in [1.29, 1.82) is 0 Å². The molecule has 90 valence electrons. The topological polar surface area (TPSA) is 31.9 Å². The first kappa shape index (κ1) is 10.7. The van der Waals surface area contributed by atoms with Crippen molar-refractivity contribution in [2.75, 3.05) is 13.6 Å². The molecule has 0 saturated heterocycles. The zero-order valence-corrected chi connectivity index (χ0v) is 9.91. The van der Waals surface area contributed by atoms with Gasteiger partial charge in [0.1, 0.15) is 5.82 Å². The van der Waals surface area contributed by atoms with Crippen molar-refractivity contribution in [2.45, 2.75) is 25.3 Å². The molecule has 1 fully saturated rings. The smallest absolute Gasteiger partial charge is 0.124 e. The molecule has 1 aromatic carbocycles.